The van der Waals surface area contributed by atoms with Gasteiger partial charge >= 0.3 is 11.9 Å². The van der Waals surface area contributed by atoms with Gasteiger partial charge in [-0.15, -0.1) is 0 Å². The molecule has 1 aliphatic heterocycles. The van der Waals surface area contributed by atoms with Gasteiger partial charge < -0.3 is 24.3 Å². The number of cyclic esters (lactones) is 1. The molecule has 25 heavy (non-hydrogen) atoms. The van der Waals surface area contributed by atoms with Gasteiger partial charge in [0.1, 0.15) is 5.56 Å². The average Bonchev–Trinajstić information content (AvgIpc) is 2.96. The van der Waals surface area contributed by atoms with Crippen molar-refractivity contribution < 1.29 is 28.5 Å². The molecule has 2 aromatic carbocycles. The summed E-state index contributed by atoms with van der Waals surface area (Å²) in [5.41, 5.74) is 1.74. The van der Waals surface area contributed by atoms with Crippen LogP contribution in [0.15, 0.2) is 36.4 Å². The Morgan fingerprint density at radius 1 is 1.08 bits per heavy atom. The summed E-state index contributed by atoms with van der Waals surface area (Å²) in [4.78, 5) is 24.2. The van der Waals surface area contributed by atoms with Gasteiger partial charge in [-0.25, -0.2) is 9.59 Å². The molecule has 0 fully saturated rings. The summed E-state index contributed by atoms with van der Waals surface area (Å²) in [5.74, 6) is -0.261. The van der Waals surface area contributed by atoms with E-state index in [0.717, 1.165) is 0 Å². The van der Waals surface area contributed by atoms with Crippen molar-refractivity contribution in [3.8, 4) is 11.5 Å². The topological polar surface area (TPSA) is 83.1 Å². The fourth-order valence-electron chi connectivity index (χ4n) is 2.75. The van der Waals surface area contributed by atoms with Crippen molar-refractivity contribution in [1.29, 1.82) is 0 Å². The van der Waals surface area contributed by atoms with Gasteiger partial charge in [0.2, 0.25) is 6.23 Å². The predicted molar refractivity (Wildman–Crippen MR) is 89.1 cm³/mol. The van der Waals surface area contributed by atoms with Crippen LogP contribution in [0.1, 0.15) is 32.5 Å². The maximum atomic E-state index is 12.3. The van der Waals surface area contributed by atoms with Crippen molar-refractivity contribution in [3.05, 3.63) is 53.1 Å². The van der Waals surface area contributed by atoms with Crippen molar-refractivity contribution in [2.24, 2.45) is 0 Å². The number of ether oxygens (including phenoxy) is 4. The predicted octanol–water partition coefficient (Wildman–Crippen LogP) is 2.77. The van der Waals surface area contributed by atoms with Crippen LogP contribution in [0.4, 0.5) is 5.69 Å². The minimum Gasteiger partial charge on any atom is -0.493 e. The summed E-state index contributed by atoms with van der Waals surface area (Å²) in [6.07, 6.45) is -0.756. The second kappa shape index (κ2) is 6.72. The third-order valence-corrected chi connectivity index (χ3v) is 3.91. The van der Waals surface area contributed by atoms with Crippen molar-refractivity contribution in [1.82, 2.24) is 0 Å². The number of para-hydroxylation sites is 1. The number of methoxy groups -OCH3 is 3. The lowest BCUT2D eigenvalue weighted by molar-refractivity contribution is 0.0435. The Morgan fingerprint density at radius 2 is 1.84 bits per heavy atom. The Labute approximate surface area is 144 Å². The van der Waals surface area contributed by atoms with E-state index in [1.807, 2.05) is 0 Å². The van der Waals surface area contributed by atoms with E-state index in [0.29, 0.717) is 33.9 Å². The quantitative estimate of drug-likeness (QED) is 0.836. The zero-order valence-corrected chi connectivity index (χ0v) is 14.0. The van der Waals surface area contributed by atoms with Crippen LogP contribution < -0.4 is 14.8 Å². The number of carbonyl (C=O) groups excluding carboxylic acids is 2. The zero-order valence-electron chi connectivity index (χ0n) is 14.0. The number of hydrogen-bond donors (Lipinski definition) is 1. The number of benzene rings is 2. The summed E-state index contributed by atoms with van der Waals surface area (Å²) in [6.45, 7) is 0. The molecule has 0 spiro atoms. The molecule has 0 amide bonds. The normalized spacial score (nSPS) is 15.2. The zero-order chi connectivity index (χ0) is 18.0. The lowest BCUT2D eigenvalue weighted by Crippen LogP contribution is -2.14. The molecule has 130 valence electrons. The van der Waals surface area contributed by atoms with Crippen LogP contribution in [-0.2, 0) is 9.47 Å². The molecule has 7 nitrogen and oxygen atoms in total. The van der Waals surface area contributed by atoms with Gasteiger partial charge in [0.25, 0.3) is 0 Å². The number of rotatable bonds is 5. The van der Waals surface area contributed by atoms with Gasteiger partial charge in [-0.05, 0) is 24.3 Å². The highest BCUT2D eigenvalue weighted by Crippen LogP contribution is 2.42. The van der Waals surface area contributed by atoms with E-state index in [9.17, 15) is 9.59 Å². The maximum absolute atomic E-state index is 12.3. The van der Waals surface area contributed by atoms with Crippen molar-refractivity contribution >= 4 is 17.6 Å². The smallest absolute Gasteiger partial charge is 0.344 e. The number of fused-ring (bicyclic) bond motifs is 1. The summed E-state index contributed by atoms with van der Waals surface area (Å²) < 4.78 is 20.7. The van der Waals surface area contributed by atoms with Crippen molar-refractivity contribution in [3.63, 3.8) is 0 Å². The first-order valence-corrected chi connectivity index (χ1v) is 7.50. The maximum Gasteiger partial charge on any atom is 0.344 e. The van der Waals surface area contributed by atoms with E-state index in [1.54, 1.807) is 36.4 Å². The molecule has 0 bridgehead atoms. The fourth-order valence-corrected chi connectivity index (χ4v) is 2.75. The van der Waals surface area contributed by atoms with Crippen LogP contribution in [0.25, 0.3) is 0 Å². The second-order valence-corrected chi connectivity index (χ2v) is 5.23. The van der Waals surface area contributed by atoms with Gasteiger partial charge in [-0.1, -0.05) is 12.1 Å². The lowest BCUT2D eigenvalue weighted by atomic mass is 10.1. The number of nitrogens with one attached hydrogen (secondary N) is 1. The van der Waals surface area contributed by atoms with E-state index in [2.05, 4.69) is 5.32 Å². The van der Waals surface area contributed by atoms with Gasteiger partial charge in [0, 0.05) is 5.56 Å². The molecule has 0 radical (unpaired) electrons. The second-order valence-electron chi connectivity index (χ2n) is 5.23. The Kier molecular flexibility index (Phi) is 4.47. The SMILES string of the molecule is COC(=O)c1ccccc1N[C@H]1OC(=O)c2c1ccc(OC)c2OC. The molecule has 0 aromatic heterocycles. The number of hydrogen-bond acceptors (Lipinski definition) is 7. The summed E-state index contributed by atoms with van der Waals surface area (Å²) in [5, 5.41) is 3.06. The van der Waals surface area contributed by atoms with Crippen LogP contribution in [0.5, 0.6) is 11.5 Å². The molecule has 2 aromatic rings. The Bertz CT molecular complexity index is 832. The first-order chi connectivity index (χ1) is 12.1. The van der Waals surface area contributed by atoms with Crippen LogP contribution in [0.2, 0.25) is 0 Å². The van der Waals surface area contributed by atoms with Crippen LogP contribution in [0, 0.1) is 0 Å². The summed E-state index contributed by atoms with van der Waals surface area (Å²) in [6, 6.07) is 10.2. The first-order valence-electron chi connectivity index (χ1n) is 7.50. The molecule has 7 heteroatoms. The number of esters is 2. The first kappa shape index (κ1) is 16.6. The fraction of sp³-hybridized carbons (Fsp3) is 0.222. The van der Waals surface area contributed by atoms with Crippen LogP contribution >= 0.6 is 0 Å². The highest BCUT2D eigenvalue weighted by atomic mass is 16.6. The van der Waals surface area contributed by atoms with Crippen molar-refractivity contribution in [2.45, 2.75) is 6.23 Å². The van der Waals surface area contributed by atoms with E-state index >= 15 is 0 Å². The molecule has 1 aliphatic rings. The van der Waals surface area contributed by atoms with Gasteiger partial charge in [-0.3, -0.25) is 0 Å². The Balaban J connectivity index is 1.99. The highest BCUT2D eigenvalue weighted by Gasteiger charge is 2.36. The largest absolute Gasteiger partial charge is 0.493 e. The molecular formula is C18H17NO6. The van der Waals surface area contributed by atoms with Gasteiger partial charge in [-0.2, -0.15) is 0 Å². The van der Waals surface area contributed by atoms with E-state index in [-0.39, 0.29) is 0 Å². The lowest BCUT2D eigenvalue weighted by Gasteiger charge is -2.17. The third-order valence-electron chi connectivity index (χ3n) is 3.91. The van der Waals surface area contributed by atoms with Crippen molar-refractivity contribution in [2.75, 3.05) is 26.6 Å². The summed E-state index contributed by atoms with van der Waals surface area (Å²) >= 11 is 0. The van der Waals surface area contributed by atoms with Gasteiger partial charge in [0.15, 0.2) is 11.5 Å². The molecule has 3 rings (SSSR count). The molecular weight excluding hydrogens is 326 g/mol. The van der Waals surface area contributed by atoms with Gasteiger partial charge in [0.05, 0.1) is 32.6 Å². The molecule has 1 atom stereocenters. The highest BCUT2D eigenvalue weighted by molar-refractivity contribution is 5.99. The minimum absolute atomic E-state index is 0.301. The Morgan fingerprint density at radius 3 is 2.52 bits per heavy atom. The Hall–Kier alpha value is -3.22. The van der Waals surface area contributed by atoms with E-state index in [1.165, 1.54) is 21.3 Å². The third kappa shape index (κ3) is 2.84. The van der Waals surface area contributed by atoms with E-state index < -0.39 is 18.2 Å². The number of carbonyl (C=O) groups is 2. The monoisotopic (exact) mass is 343 g/mol. The summed E-state index contributed by atoms with van der Waals surface area (Å²) in [7, 11) is 4.26. The van der Waals surface area contributed by atoms with Crippen LogP contribution in [0.3, 0.4) is 0 Å². The molecule has 1 N–H and O–H groups in total. The van der Waals surface area contributed by atoms with E-state index in [4.69, 9.17) is 18.9 Å². The molecule has 0 saturated carbocycles. The number of anilines is 1. The molecule has 0 aliphatic carbocycles. The average molecular weight is 343 g/mol. The molecule has 0 unspecified atom stereocenters. The molecule has 1 heterocycles. The molecule has 0 saturated heterocycles. The minimum atomic E-state index is -0.756. The standard InChI is InChI=1S/C18H17NO6/c1-22-13-9-8-11-14(15(13)23-2)18(21)25-16(11)19-12-7-5-4-6-10(12)17(20)24-3/h4-9,16,19H,1-3H3/t16-/m0/s1. The van der Waals surface area contributed by atoms with Crippen LogP contribution in [-0.4, -0.2) is 33.3 Å².